The number of rotatable bonds is 13. The second-order valence-electron chi connectivity index (χ2n) is 12.0. The van der Waals surface area contributed by atoms with E-state index >= 15 is 0 Å². The van der Waals surface area contributed by atoms with Crippen molar-refractivity contribution in [1.29, 1.82) is 0 Å². The van der Waals surface area contributed by atoms with Crippen LogP contribution < -0.4 is 52.8 Å². The van der Waals surface area contributed by atoms with E-state index in [0.29, 0.717) is 0 Å². The summed E-state index contributed by atoms with van der Waals surface area (Å²) >= 11 is 2.57. The molecule has 0 aliphatic heterocycles. The molecule has 0 heterocycles. The normalized spacial score (nSPS) is 16.2. The molecule has 230 valence electrons. The van der Waals surface area contributed by atoms with Gasteiger partial charge in [-0.05, 0) is 0 Å². The SMILES string of the molecule is CCCCc1ccc([Si](c2ccc(CCCC)cc2)(c2ccc(CCCC)cc2)[C]2([Ti+3])C(C)=CC(C)=C2C)cc1.[Cl-].[Cl-].[Cl-]. The maximum atomic E-state index is 2.57. The van der Waals surface area contributed by atoms with Crippen molar-refractivity contribution in [2.24, 2.45) is 0 Å². The standard InChI is InChI=1S/C38H49Si.3ClH.Ti/c1-7-10-13-32-16-22-35(23-17-32)39(38-30(5)28-29(4)31(38)6,36-24-18-33(19-25-36)14-11-8-2)37-26-20-34(21-27-37)15-12-9-3;;;;/h16-28H,7-15H2,1-6H3;3*1H;/q;;;;+3/p-3. The summed E-state index contributed by atoms with van der Waals surface area (Å²) < 4.78 is -0.0438. The van der Waals surface area contributed by atoms with Crippen LogP contribution in [0.15, 0.2) is 95.6 Å². The minimum absolute atomic E-state index is 0. The molecule has 4 rings (SSSR count). The van der Waals surface area contributed by atoms with Gasteiger partial charge in [0.1, 0.15) is 0 Å². The van der Waals surface area contributed by atoms with Crippen molar-refractivity contribution < 1.29 is 57.7 Å². The summed E-state index contributed by atoms with van der Waals surface area (Å²) in [5, 5.41) is 4.58. The molecule has 1 unspecified atom stereocenters. The van der Waals surface area contributed by atoms with Crippen LogP contribution in [0.3, 0.4) is 0 Å². The first-order valence-electron chi connectivity index (χ1n) is 15.7. The Morgan fingerprint density at radius 3 is 1.07 bits per heavy atom. The maximum Gasteiger partial charge on any atom is -1.00 e. The van der Waals surface area contributed by atoms with Crippen LogP contribution in [-0.4, -0.2) is 8.07 Å². The molecular weight excluding hydrogens is 639 g/mol. The monoisotopic (exact) mass is 686 g/mol. The van der Waals surface area contributed by atoms with Crippen molar-refractivity contribution in [3.05, 3.63) is 112 Å². The molecule has 0 fully saturated rings. The number of benzene rings is 3. The van der Waals surface area contributed by atoms with Crippen LogP contribution in [0.2, 0.25) is 3.34 Å². The molecule has 0 nitrogen and oxygen atoms in total. The largest absolute Gasteiger partial charge is 1.00 e. The Bertz CT molecular complexity index is 1200. The van der Waals surface area contributed by atoms with E-state index in [1.165, 1.54) is 87.5 Å². The molecule has 0 saturated heterocycles. The van der Waals surface area contributed by atoms with Crippen LogP contribution >= 0.6 is 0 Å². The molecule has 0 spiro atoms. The topological polar surface area (TPSA) is 0 Å². The molecule has 1 atom stereocenters. The zero-order valence-corrected chi connectivity index (χ0v) is 31.8. The molecule has 1 aliphatic carbocycles. The zero-order chi connectivity index (χ0) is 28.8. The number of hydrogen-bond donors (Lipinski definition) is 0. The van der Waals surface area contributed by atoms with E-state index in [9.17, 15) is 0 Å². The van der Waals surface area contributed by atoms with Crippen LogP contribution in [0.4, 0.5) is 0 Å². The summed E-state index contributed by atoms with van der Waals surface area (Å²) in [4.78, 5) is 0. The molecule has 3 aromatic rings. The van der Waals surface area contributed by atoms with Gasteiger partial charge in [0.15, 0.2) is 0 Å². The number of halogens is 3. The first kappa shape index (κ1) is 40.0. The van der Waals surface area contributed by atoms with Crippen LogP contribution in [0.5, 0.6) is 0 Å². The molecule has 0 amide bonds. The Labute approximate surface area is 294 Å². The molecule has 5 heteroatoms. The summed E-state index contributed by atoms with van der Waals surface area (Å²) in [7, 11) is -2.57. The fraction of sp³-hybridized carbons (Fsp3) is 0.421. The first-order chi connectivity index (χ1) is 19.3. The van der Waals surface area contributed by atoms with Gasteiger partial charge in [0.25, 0.3) is 0 Å². The number of aryl methyl sites for hydroxylation is 3. The zero-order valence-electron chi connectivity index (χ0n) is 27.0. The van der Waals surface area contributed by atoms with E-state index < -0.39 is 8.07 Å². The molecular formula is C38H49Cl3SiTi. The van der Waals surface area contributed by atoms with E-state index in [4.69, 9.17) is 0 Å². The van der Waals surface area contributed by atoms with Gasteiger partial charge in [0.2, 0.25) is 0 Å². The Morgan fingerprint density at radius 1 is 0.535 bits per heavy atom. The Kier molecular flexibility index (Phi) is 16.9. The van der Waals surface area contributed by atoms with Crippen LogP contribution in [0, 0.1) is 0 Å². The third-order valence-electron chi connectivity index (χ3n) is 9.36. The van der Waals surface area contributed by atoms with Gasteiger partial charge in [-0.1, -0.05) is 0 Å². The third-order valence-corrected chi connectivity index (χ3v) is 17.8. The van der Waals surface area contributed by atoms with Crippen molar-refractivity contribution in [2.45, 2.75) is 103 Å². The fourth-order valence-corrected chi connectivity index (χ4v) is 14.9. The van der Waals surface area contributed by atoms with E-state index in [-0.39, 0.29) is 40.6 Å². The van der Waals surface area contributed by atoms with Gasteiger partial charge in [-0.3, -0.25) is 0 Å². The van der Waals surface area contributed by atoms with Gasteiger partial charge >= 0.3 is 259 Å². The molecule has 3 aromatic carbocycles. The molecule has 0 bridgehead atoms. The molecule has 43 heavy (non-hydrogen) atoms. The van der Waals surface area contributed by atoms with E-state index in [2.05, 4.69) is 141 Å². The number of allylic oxidation sites excluding steroid dienone is 4. The summed E-state index contributed by atoms with van der Waals surface area (Å²) in [6.45, 7) is 14.0. The summed E-state index contributed by atoms with van der Waals surface area (Å²) in [5.41, 5.74) is 8.88. The van der Waals surface area contributed by atoms with Gasteiger partial charge in [-0.25, -0.2) is 0 Å². The number of unbranched alkanes of at least 4 members (excludes halogenated alkanes) is 3. The van der Waals surface area contributed by atoms with Gasteiger partial charge in [-0.15, -0.1) is 0 Å². The van der Waals surface area contributed by atoms with E-state index in [1.54, 1.807) is 0 Å². The predicted molar refractivity (Wildman–Crippen MR) is 175 cm³/mol. The van der Waals surface area contributed by atoms with Gasteiger partial charge < -0.3 is 37.2 Å². The van der Waals surface area contributed by atoms with Crippen molar-refractivity contribution >= 4 is 23.6 Å². The van der Waals surface area contributed by atoms with Gasteiger partial charge in [0, 0.05) is 0 Å². The van der Waals surface area contributed by atoms with Crippen molar-refractivity contribution in [2.75, 3.05) is 0 Å². The second-order valence-corrected chi connectivity index (χ2v) is 18.0. The average Bonchev–Trinajstić information content (AvgIpc) is 3.18. The van der Waals surface area contributed by atoms with Crippen molar-refractivity contribution in [1.82, 2.24) is 0 Å². The predicted octanol–water partition coefficient (Wildman–Crippen LogP) is -0.262. The summed E-state index contributed by atoms with van der Waals surface area (Å²) in [6, 6.07) is 29.6. The molecule has 1 aliphatic rings. The van der Waals surface area contributed by atoms with E-state index in [0.717, 1.165) is 19.3 Å². The number of hydrogen-bond acceptors (Lipinski definition) is 0. The fourth-order valence-electron chi connectivity index (χ4n) is 6.77. The van der Waals surface area contributed by atoms with Crippen LogP contribution in [0.25, 0.3) is 0 Å². The van der Waals surface area contributed by atoms with Gasteiger partial charge in [0.05, 0.1) is 0 Å². The Morgan fingerprint density at radius 2 is 0.837 bits per heavy atom. The third kappa shape index (κ3) is 8.03. The molecule has 0 saturated carbocycles. The minimum atomic E-state index is -2.57. The van der Waals surface area contributed by atoms with Crippen molar-refractivity contribution in [3.63, 3.8) is 0 Å². The molecule has 0 N–H and O–H groups in total. The average molecular weight is 688 g/mol. The molecule has 0 radical (unpaired) electrons. The quantitative estimate of drug-likeness (QED) is 0.172. The van der Waals surface area contributed by atoms with Crippen LogP contribution in [0.1, 0.15) is 96.8 Å². The Hall–Kier alpha value is -1.06. The van der Waals surface area contributed by atoms with E-state index in [1.807, 2.05) is 0 Å². The second kappa shape index (κ2) is 18.2. The van der Waals surface area contributed by atoms with Crippen LogP contribution in [-0.2, 0) is 39.7 Å². The van der Waals surface area contributed by atoms with Gasteiger partial charge in [-0.2, -0.15) is 0 Å². The summed E-state index contributed by atoms with van der Waals surface area (Å²) in [6.07, 6.45) is 13.4. The molecule has 0 aromatic heterocycles. The Balaban J connectivity index is 0.00000308. The maximum absolute atomic E-state index is 2.57. The minimum Gasteiger partial charge on any atom is -1.00 e. The van der Waals surface area contributed by atoms with Crippen molar-refractivity contribution in [3.8, 4) is 0 Å². The smallest absolute Gasteiger partial charge is 1.00 e. The first-order valence-corrected chi connectivity index (χ1v) is 18.5. The summed E-state index contributed by atoms with van der Waals surface area (Å²) in [5.74, 6) is 0.